The average molecular weight is 289 g/mol. The number of hydrogen-bond donors (Lipinski definition) is 2. The molecule has 1 aliphatic carbocycles. The Morgan fingerprint density at radius 1 is 1.33 bits per heavy atom. The van der Waals surface area contributed by atoms with Crippen molar-refractivity contribution in [3.63, 3.8) is 0 Å². The van der Waals surface area contributed by atoms with Crippen LogP contribution in [0.4, 0.5) is 11.4 Å². The van der Waals surface area contributed by atoms with Gasteiger partial charge in [-0.05, 0) is 31.0 Å². The molecule has 0 bridgehead atoms. The van der Waals surface area contributed by atoms with E-state index >= 15 is 0 Å². The number of nitrogens with two attached hydrogens (primary N) is 1. The van der Waals surface area contributed by atoms with Crippen LogP contribution in [0.1, 0.15) is 32.1 Å². The largest absolute Gasteiger partial charge is 0.490 e. The van der Waals surface area contributed by atoms with E-state index in [2.05, 4.69) is 5.32 Å². The number of nitrogen functional groups attached to an aromatic ring is 1. The van der Waals surface area contributed by atoms with Gasteiger partial charge in [0.2, 0.25) is 5.91 Å². The van der Waals surface area contributed by atoms with E-state index in [9.17, 15) is 4.79 Å². The topological polar surface area (TPSA) is 67.6 Å². The van der Waals surface area contributed by atoms with Gasteiger partial charge in [-0.1, -0.05) is 19.3 Å². The van der Waals surface area contributed by atoms with Crippen LogP contribution in [0.3, 0.4) is 0 Å². The molecular weight excluding hydrogens is 266 g/mol. The second-order valence-electron chi connectivity index (χ2n) is 5.90. The summed E-state index contributed by atoms with van der Waals surface area (Å²) in [5.41, 5.74) is 7.45. The van der Waals surface area contributed by atoms with E-state index < -0.39 is 0 Å². The molecule has 0 radical (unpaired) electrons. The first-order chi connectivity index (χ1) is 10.2. The van der Waals surface area contributed by atoms with Gasteiger partial charge in [-0.2, -0.15) is 0 Å². The first kappa shape index (κ1) is 14.0. The Balaban J connectivity index is 1.63. The highest BCUT2D eigenvalue weighted by molar-refractivity contribution is 5.83. The highest BCUT2D eigenvalue weighted by atomic mass is 16.5. The predicted octanol–water partition coefficient (Wildman–Crippen LogP) is 1.92. The van der Waals surface area contributed by atoms with Crippen molar-refractivity contribution in [1.29, 1.82) is 0 Å². The highest BCUT2D eigenvalue weighted by Gasteiger charge is 2.22. The molecular formula is C16H23N3O2. The van der Waals surface area contributed by atoms with E-state index in [0.717, 1.165) is 24.3 Å². The molecule has 3 N–H and O–H groups in total. The number of carbonyl (C=O) groups is 1. The molecule has 0 spiro atoms. The lowest BCUT2D eigenvalue weighted by Crippen LogP contribution is -2.45. The molecule has 0 saturated heterocycles. The summed E-state index contributed by atoms with van der Waals surface area (Å²) >= 11 is 0. The molecule has 1 heterocycles. The molecule has 0 atom stereocenters. The summed E-state index contributed by atoms with van der Waals surface area (Å²) in [6.45, 7) is 1.69. The van der Waals surface area contributed by atoms with E-state index in [0.29, 0.717) is 31.4 Å². The number of nitrogens with zero attached hydrogens (tertiary/aromatic N) is 1. The fourth-order valence-corrected chi connectivity index (χ4v) is 3.15. The van der Waals surface area contributed by atoms with E-state index in [4.69, 9.17) is 10.5 Å². The Morgan fingerprint density at radius 3 is 2.95 bits per heavy atom. The van der Waals surface area contributed by atoms with Crippen molar-refractivity contribution in [1.82, 2.24) is 5.32 Å². The third-order valence-corrected chi connectivity index (χ3v) is 4.25. The minimum absolute atomic E-state index is 0.0946. The van der Waals surface area contributed by atoms with Crippen LogP contribution in [0.5, 0.6) is 5.75 Å². The number of ether oxygens (including phenoxy) is 1. The summed E-state index contributed by atoms with van der Waals surface area (Å²) < 4.78 is 5.61. The van der Waals surface area contributed by atoms with Crippen molar-refractivity contribution in [2.45, 2.75) is 38.1 Å². The van der Waals surface area contributed by atoms with Gasteiger partial charge in [0.1, 0.15) is 12.4 Å². The van der Waals surface area contributed by atoms with Crippen molar-refractivity contribution < 1.29 is 9.53 Å². The van der Waals surface area contributed by atoms with Gasteiger partial charge >= 0.3 is 0 Å². The molecule has 1 saturated carbocycles. The van der Waals surface area contributed by atoms with Crippen LogP contribution < -0.4 is 20.7 Å². The summed E-state index contributed by atoms with van der Waals surface area (Å²) in [5.74, 6) is 0.901. The number of carbonyl (C=O) groups excluding carboxylic acids is 1. The van der Waals surface area contributed by atoms with Crippen molar-refractivity contribution >= 4 is 17.3 Å². The maximum Gasteiger partial charge on any atom is 0.239 e. The van der Waals surface area contributed by atoms with Gasteiger partial charge in [0.25, 0.3) is 0 Å². The van der Waals surface area contributed by atoms with Gasteiger partial charge in [0, 0.05) is 11.7 Å². The normalized spacial score (nSPS) is 18.8. The number of benzene rings is 1. The van der Waals surface area contributed by atoms with Crippen LogP contribution in [-0.4, -0.2) is 31.6 Å². The lowest BCUT2D eigenvalue weighted by atomic mass is 9.95. The fraction of sp³-hybridized carbons (Fsp3) is 0.562. The van der Waals surface area contributed by atoms with Gasteiger partial charge in [-0.3, -0.25) is 4.79 Å². The Hall–Kier alpha value is -1.91. The zero-order valence-corrected chi connectivity index (χ0v) is 12.3. The Morgan fingerprint density at radius 2 is 2.14 bits per heavy atom. The second kappa shape index (κ2) is 6.24. The number of rotatable bonds is 3. The smallest absolute Gasteiger partial charge is 0.239 e. The number of fused-ring (bicyclic) bond motifs is 1. The molecule has 3 rings (SSSR count). The number of hydrogen-bond acceptors (Lipinski definition) is 4. The third-order valence-electron chi connectivity index (χ3n) is 4.25. The molecule has 5 nitrogen and oxygen atoms in total. The molecule has 1 fully saturated rings. The number of anilines is 2. The SMILES string of the molecule is Nc1ccc2c(c1)N(CC(=O)NC1CCCCC1)CCO2. The van der Waals surface area contributed by atoms with Crippen LogP contribution in [-0.2, 0) is 4.79 Å². The average Bonchev–Trinajstić information content (AvgIpc) is 2.49. The Kier molecular flexibility index (Phi) is 4.18. The maximum absolute atomic E-state index is 12.2. The van der Waals surface area contributed by atoms with Crippen LogP contribution in [0.15, 0.2) is 18.2 Å². The maximum atomic E-state index is 12.2. The minimum atomic E-state index is 0.0946. The predicted molar refractivity (Wildman–Crippen MR) is 83.6 cm³/mol. The molecule has 0 aromatic heterocycles. The summed E-state index contributed by atoms with van der Waals surface area (Å²) in [7, 11) is 0. The quantitative estimate of drug-likeness (QED) is 0.834. The van der Waals surface area contributed by atoms with Gasteiger partial charge in [-0.15, -0.1) is 0 Å². The molecule has 1 aliphatic heterocycles. The van der Waals surface area contributed by atoms with Crippen LogP contribution >= 0.6 is 0 Å². The van der Waals surface area contributed by atoms with Crippen molar-refractivity contribution in [2.24, 2.45) is 0 Å². The Bertz CT molecular complexity index is 512. The lowest BCUT2D eigenvalue weighted by molar-refractivity contribution is -0.120. The van der Waals surface area contributed by atoms with Crippen molar-refractivity contribution in [3.8, 4) is 5.75 Å². The summed E-state index contributed by atoms with van der Waals surface area (Å²) in [4.78, 5) is 14.3. The van der Waals surface area contributed by atoms with Gasteiger partial charge in [0.15, 0.2) is 0 Å². The van der Waals surface area contributed by atoms with Crippen LogP contribution in [0, 0.1) is 0 Å². The fourth-order valence-electron chi connectivity index (χ4n) is 3.15. The Labute approximate surface area is 125 Å². The van der Waals surface area contributed by atoms with Crippen LogP contribution in [0.25, 0.3) is 0 Å². The standard InChI is InChI=1S/C16H23N3O2/c17-12-6-7-15-14(10-12)19(8-9-21-15)11-16(20)18-13-4-2-1-3-5-13/h6-7,10,13H,1-5,8-9,11,17H2,(H,18,20). The van der Waals surface area contributed by atoms with E-state index in [1.54, 1.807) is 0 Å². The van der Waals surface area contributed by atoms with E-state index in [1.807, 2.05) is 23.1 Å². The zero-order valence-electron chi connectivity index (χ0n) is 12.3. The first-order valence-electron chi connectivity index (χ1n) is 7.79. The molecule has 5 heteroatoms. The highest BCUT2D eigenvalue weighted by Crippen LogP contribution is 2.33. The van der Waals surface area contributed by atoms with Gasteiger partial charge < -0.3 is 20.7 Å². The summed E-state index contributed by atoms with van der Waals surface area (Å²) in [6.07, 6.45) is 5.96. The number of amides is 1. The zero-order chi connectivity index (χ0) is 14.7. The van der Waals surface area contributed by atoms with Crippen molar-refractivity contribution in [3.05, 3.63) is 18.2 Å². The molecule has 114 valence electrons. The van der Waals surface area contributed by atoms with E-state index in [-0.39, 0.29) is 5.91 Å². The second-order valence-corrected chi connectivity index (χ2v) is 5.90. The molecule has 1 amide bonds. The number of nitrogens with one attached hydrogen (secondary N) is 1. The molecule has 1 aromatic rings. The minimum Gasteiger partial charge on any atom is -0.490 e. The van der Waals surface area contributed by atoms with E-state index in [1.165, 1.54) is 19.3 Å². The molecule has 2 aliphatic rings. The molecule has 21 heavy (non-hydrogen) atoms. The van der Waals surface area contributed by atoms with Crippen LogP contribution in [0.2, 0.25) is 0 Å². The summed E-state index contributed by atoms with van der Waals surface area (Å²) in [6, 6.07) is 5.93. The summed E-state index contributed by atoms with van der Waals surface area (Å²) in [5, 5.41) is 3.16. The first-order valence-corrected chi connectivity index (χ1v) is 7.79. The molecule has 1 aromatic carbocycles. The monoisotopic (exact) mass is 289 g/mol. The van der Waals surface area contributed by atoms with Crippen molar-refractivity contribution in [2.75, 3.05) is 30.3 Å². The molecule has 0 unspecified atom stereocenters. The van der Waals surface area contributed by atoms with Gasteiger partial charge in [0.05, 0.1) is 18.8 Å². The lowest BCUT2D eigenvalue weighted by Gasteiger charge is -2.32. The third kappa shape index (κ3) is 3.40. The van der Waals surface area contributed by atoms with Gasteiger partial charge in [-0.25, -0.2) is 0 Å².